The Morgan fingerprint density at radius 2 is 2.47 bits per heavy atom. The highest BCUT2D eigenvalue weighted by Gasteiger charge is 2.31. The van der Waals surface area contributed by atoms with Crippen molar-refractivity contribution in [3.8, 4) is 0 Å². The molecule has 0 aromatic carbocycles. The molecule has 0 radical (unpaired) electrons. The van der Waals surface area contributed by atoms with Crippen molar-refractivity contribution in [1.29, 1.82) is 0 Å². The smallest absolute Gasteiger partial charge is 0.126 e. The zero-order chi connectivity index (χ0) is 10.9. The van der Waals surface area contributed by atoms with E-state index in [2.05, 4.69) is 18.1 Å². The van der Waals surface area contributed by atoms with Gasteiger partial charge in [-0.05, 0) is 31.2 Å². The van der Waals surface area contributed by atoms with Gasteiger partial charge in [0.1, 0.15) is 5.60 Å². The number of hydrogen-bond donors (Lipinski definition) is 1. The van der Waals surface area contributed by atoms with Crippen LogP contribution in [0.4, 0.5) is 0 Å². The molecule has 15 heavy (non-hydrogen) atoms. The molecule has 1 N–H and O–H groups in total. The monoisotopic (exact) mass is 206 g/mol. The lowest BCUT2D eigenvalue weighted by Crippen LogP contribution is -2.27. The van der Waals surface area contributed by atoms with E-state index in [1.807, 2.05) is 25.4 Å². The molecule has 1 heterocycles. The molecule has 3 nitrogen and oxygen atoms in total. The molecular formula is C12H18N2O. The van der Waals surface area contributed by atoms with Crippen LogP contribution in [0.1, 0.15) is 31.9 Å². The maximum absolute atomic E-state index is 10.4. The molecule has 0 bridgehead atoms. The number of allylic oxidation sites excluding steroid dienone is 1. The summed E-state index contributed by atoms with van der Waals surface area (Å²) in [4.78, 5) is 0. The Balaban J connectivity index is 2.22. The average molecular weight is 206 g/mol. The average Bonchev–Trinajstić information content (AvgIpc) is 2.67. The molecule has 0 aliphatic heterocycles. The van der Waals surface area contributed by atoms with E-state index < -0.39 is 5.60 Å². The molecule has 82 valence electrons. The molecular weight excluding hydrogens is 188 g/mol. The summed E-state index contributed by atoms with van der Waals surface area (Å²) in [6, 6.07) is 1.89. The summed E-state index contributed by atoms with van der Waals surface area (Å²) in [6.07, 6.45) is 8.87. The molecule has 1 aliphatic carbocycles. The molecule has 2 rings (SSSR count). The van der Waals surface area contributed by atoms with Gasteiger partial charge in [-0.3, -0.25) is 4.68 Å². The molecule has 2 atom stereocenters. The lowest BCUT2D eigenvalue weighted by molar-refractivity contribution is 0.0611. The first-order valence-corrected chi connectivity index (χ1v) is 5.56. The maximum atomic E-state index is 10.4. The maximum Gasteiger partial charge on any atom is 0.126 e. The Kier molecular flexibility index (Phi) is 2.65. The Bertz CT molecular complexity index is 369. The zero-order valence-corrected chi connectivity index (χ0v) is 9.35. The number of hydrogen-bond acceptors (Lipinski definition) is 2. The molecule has 1 aliphatic rings. The van der Waals surface area contributed by atoms with Crippen LogP contribution in [0.15, 0.2) is 24.4 Å². The fourth-order valence-corrected chi connectivity index (χ4v) is 2.08. The van der Waals surface area contributed by atoms with Crippen LogP contribution in [-0.2, 0) is 12.6 Å². The number of aryl methyl sites for hydroxylation is 1. The highest BCUT2D eigenvalue weighted by atomic mass is 16.3. The fourth-order valence-electron chi connectivity index (χ4n) is 2.08. The van der Waals surface area contributed by atoms with Crippen LogP contribution in [0.3, 0.4) is 0 Å². The minimum absolute atomic E-state index is 0.619. The van der Waals surface area contributed by atoms with E-state index in [1.54, 1.807) is 4.68 Å². The van der Waals surface area contributed by atoms with Crippen molar-refractivity contribution in [3.63, 3.8) is 0 Å². The standard InChI is InChI=1S/C12H18N2O/c1-3-10-4-7-12(15,8-5-10)11-6-9-14(2)13-11/h4,6-7,9-10,15H,3,5,8H2,1-2H3. The second-order valence-electron chi connectivity index (χ2n) is 4.37. The van der Waals surface area contributed by atoms with Crippen molar-refractivity contribution in [2.45, 2.75) is 31.8 Å². The van der Waals surface area contributed by atoms with Crippen LogP contribution in [0.5, 0.6) is 0 Å². The van der Waals surface area contributed by atoms with Crippen LogP contribution < -0.4 is 0 Å². The van der Waals surface area contributed by atoms with Crippen LogP contribution in [-0.4, -0.2) is 14.9 Å². The first-order valence-electron chi connectivity index (χ1n) is 5.56. The van der Waals surface area contributed by atoms with Crippen LogP contribution in [0.25, 0.3) is 0 Å². The molecule has 0 saturated carbocycles. The molecule has 0 amide bonds. The van der Waals surface area contributed by atoms with E-state index in [4.69, 9.17) is 0 Å². The first kappa shape index (κ1) is 10.4. The summed E-state index contributed by atoms with van der Waals surface area (Å²) >= 11 is 0. The highest BCUT2D eigenvalue weighted by Crippen LogP contribution is 2.34. The van der Waals surface area contributed by atoms with Crippen molar-refractivity contribution in [1.82, 2.24) is 9.78 Å². The van der Waals surface area contributed by atoms with Gasteiger partial charge in [-0.1, -0.05) is 19.1 Å². The molecule has 3 heteroatoms. The largest absolute Gasteiger partial charge is 0.379 e. The normalized spacial score (nSPS) is 30.7. The first-order chi connectivity index (χ1) is 7.14. The van der Waals surface area contributed by atoms with Crippen LogP contribution >= 0.6 is 0 Å². The van der Waals surface area contributed by atoms with Gasteiger partial charge in [0.05, 0.1) is 5.69 Å². The van der Waals surface area contributed by atoms with Gasteiger partial charge in [-0.25, -0.2) is 0 Å². The number of aliphatic hydroxyl groups is 1. The van der Waals surface area contributed by atoms with Gasteiger partial charge in [0.25, 0.3) is 0 Å². The van der Waals surface area contributed by atoms with Gasteiger partial charge >= 0.3 is 0 Å². The molecule has 0 spiro atoms. The summed E-state index contributed by atoms with van der Waals surface area (Å²) in [7, 11) is 1.87. The van der Waals surface area contributed by atoms with E-state index in [-0.39, 0.29) is 0 Å². The van der Waals surface area contributed by atoms with Crippen molar-refractivity contribution in [3.05, 3.63) is 30.1 Å². The van der Waals surface area contributed by atoms with Crippen LogP contribution in [0.2, 0.25) is 0 Å². The van der Waals surface area contributed by atoms with Crippen molar-refractivity contribution < 1.29 is 5.11 Å². The predicted octanol–water partition coefficient (Wildman–Crippen LogP) is 1.98. The molecule has 2 unspecified atom stereocenters. The zero-order valence-electron chi connectivity index (χ0n) is 9.35. The second kappa shape index (κ2) is 3.81. The van der Waals surface area contributed by atoms with Gasteiger partial charge < -0.3 is 5.11 Å². The van der Waals surface area contributed by atoms with Crippen molar-refractivity contribution in [2.75, 3.05) is 0 Å². The van der Waals surface area contributed by atoms with Gasteiger partial charge in [0.2, 0.25) is 0 Å². The van der Waals surface area contributed by atoms with E-state index in [0.717, 1.165) is 25.0 Å². The minimum atomic E-state index is -0.840. The van der Waals surface area contributed by atoms with Gasteiger partial charge in [-0.2, -0.15) is 5.10 Å². The number of aromatic nitrogens is 2. The Morgan fingerprint density at radius 1 is 1.67 bits per heavy atom. The molecule has 0 fully saturated rings. The van der Waals surface area contributed by atoms with E-state index in [9.17, 15) is 5.11 Å². The van der Waals surface area contributed by atoms with Gasteiger partial charge in [-0.15, -0.1) is 0 Å². The highest BCUT2D eigenvalue weighted by molar-refractivity contribution is 5.21. The predicted molar refractivity (Wildman–Crippen MR) is 59.3 cm³/mol. The molecule has 1 aromatic heterocycles. The van der Waals surface area contributed by atoms with Gasteiger partial charge in [0, 0.05) is 13.2 Å². The van der Waals surface area contributed by atoms with E-state index in [1.165, 1.54) is 0 Å². The minimum Gasteiger partial charge on any atom is -0.379 e. The Hall–Kier alpha value is -1.09. The Morgan fingerprint density at radius 3 is 2.93 bits per heavy atom. The van der Waals surface area contributed by atoms with Crippen molar-refractivity contribution in [2.24, 2.45) is 13.0 Å². The van der Waals surface area contributed by atoms with Crippen LogP contribution in [0, 0.1) is 5.92 Å². The fraction of sp³-hybridized carbons (Fsp3) is 0.583. The summed E-state index contributed by atoms with van der Waals surface area (Å²) in [6.45, 7) is 2.18. The lowest BCUT2D eigenvalue weighted by atomic mass is 9.82. The molecule has 1 aromatic rings. The third-order valence-corrected chi connectivity index (χ3v) is 3.22. The number of rotatable bonds is 2. The van der Waals surface area contributed by atoms with E-state index >= 15 is 0 Å². The Labute approximate surface area is 90.4 Å². The van der Waals surface area contributed by atoms with Gasteiger partial charge in [0.15, 0.2) is 0 Å². The summed E-state index contributed by atoms with van der Waals surface area (Å²) < 4.78 is 1.73. The second-order valence-corrected chi connectivity index (χ2v) is 4.37. The quantitative estimate of drug-likeness (QED) is 0.751. The summed E-state index contributed by atoms with van der Waals surface area (Å²) in [5.41, 5.74) is -0.0803. The topological polar surface area (TPSA) is 38.0 Å². The molecule has 0 saturated heterocycles. The third-order valence-electron chi connectivity index (χ3n) is 3.22. The van der Waals surface area contributed by atoms with Crippen molar-refractivity contribution >= 4 is 0 Å². The lowest BCUT2D eigenvalue weighted by Gasteiger charge is -2.29. The number of nitrogens with zero attached hydrogens (tertiary/aromatic N) is 2. The summed E-state index contributed by atoms with van der Waals surface area (Å²) in [5, 5.41) is 14.7. The summed E-state index contributed by atoms with van der Waals surface area (Å²) in [5.74, 6) is 0.619. The third kappa shape index (κ3) is 1.97. The SMILES string of the molecule is CCC1C=CC(O)(c2ccn(C)n2)CC1. The van der Waals surface area contributed by atoms with E-state index in [0.29, 0.717) is 5.92 Å².